The molecule has 6 heteroatoms. The molecule has 0 spiro atoms. The Morgan fingerprint density at radius 3 is 2.85 bits per heavy atom. The molecule has 0 unspecified atom stereocenters. The third kappa shape index (κ3) is 2.92. The van der Waals surface area contributed by atoms with Crippen molar-refractivity contribution in [2.45, 2.75) is 6.54 Å². The minimum Gasteiger partial charge on any atom is -0.486 e. The van der Waals surface area contributed by atoms with Gasteiger partial charge in [-0.25, -0.2) is 4.98 Å². The largest absolute Gasteiger partial charge is 0.486 e. The number of halogens is 2. The van der Waals surface area contributed by atoms with Gasteiger partial charge in [0.1, 0.15) is 18.4 Å². The van der Waals surface area contributed by atoms with Gasteiger partial charge in [-0.15, -0.1) is 0 Å². The minimum atomic E-state index is 0.454. The van der Waals surface area contributed by atoms with Crippen LogP contribution in [0.4, 0.5) is 5.69 Å². The number of rotatable bonds is 3. The average molecular weight is 311 g/mol. The molecule has 2 heterocycles. The van der Waals surface area contributed by atoms with Crippen LogP contribution in [0.3, 0.4) is 0 Å². The second-order valence-corrected chi connectivity index (χ2v) is 5.12. The maximum atomic E-state index is 6.19. The highest BCUT2D eigenvalue weighted by Gasteiger charge is 2.16. The van der Waals surface area contributed by atoms with Crippen molar-refractivity contribution in [3.8, 4) is 11.5 Å². The van der Waals surface area contributed by atoms with Gasteiger partial charge in [0.15, 0.2) is 11.5 Å². The molecule has 0 fully saturated rings. The zero-order valence-corrected chi connectivity index (χ0v) is 12.0. The van der Waals surface area contributed by atoms with Crippen molar-refractivity contribution in [1.82, 2.24) is 4.98 Å². The number of hydrogen-bond acceptors (Lipinski definition) is 4. The summed E-state index contributed by atoms with van der Waals surface area (Å²) in [7, 11) is 0. The van der Waals surface area contributed by atoms with Gasteiger partial charge < -0.3 is 14.8 Å². The van der Waals surface area contributed by atoms with Gasteiger partial charge in [-0.3, -0.25) is 0 Å². The van der Waals surface area contributed by atoms with E-state index in [1.54, 1.807) is 12.3 Å². The van der Waals surface area contributed by atoms with Gasteiger partial charge in [0.25, 0.3) is 0 Å². The van der Waals surface area contributed by atoms with E-state index in [9.17, 15) is 0 Å². The number of anilines is 1. The summed E-state index contributed by atoms with van der Waals surface area (Å²) in [6, 6.07) is 7.41. The van der Waals surface area contributed by atoms with Crippen LogP contribution < -0.4 is 14.8 Å². The predicted octanol–water partition coefficient (Wildman–Crippen LogP) is 3.77. The van der Waals surface area contributed by atoms with E-state index in [1.807, 2.05) is 18.2 Å². The van der Waals surface area contributed by atoms with Crippen molar-refractivity contribution in [3.05, 3.63) is 46.2 Å². The van der Waals surface area contributed by atoms with Gasteiger partial charge >= 0.3 is 0 Å². The van der Waals surface area contributed by atoms with Crippen molar-refractivity contribution in [1.29, 1.82) is 0 Å². The van der Waals surface area contributed by atoms with Crippen LogP contribution in [-0.4, -0.2) is 18.2 Å². The first kappa shape index (κ1) is 13.3. The van der Waals surface area contributed by atoms with Gasteiger partial charge in [0.05, 0.1) is 5.02 Å². The van der Waals surface area contributed by atoms with Crippen LogP contribution in [-0.2, 0) is 6.54 Å². The molecule has 2 aromatic rings. The molecule has 20 heavy (non-hydrogen) atoms. The summed E-state index contributed by atoms with van der Waals surface area (Å²) in [6.07, 6.45) is 1.65. The summed E-state index contributed by atoms with van der Waals surface area (Å²) in [5, 5.41) is 4.27. The molecule has 0 aliphatic carbocycles. The molecule has 3 rings (SSSR count). The molecule has 1 aromatic heterocycles. The van der Waals surface area contributed by atoms with Crippen LogP contribution in [0.25, 0.3) is 0 Å². The molecule has 1 N–H and O–H groups in total. The van der Waals surface area contributed by atoms with Crippen LogP contribution in [0, 0.1) is 0 Å². The molecule has 1 aliphatic heterocycles. The number of fused-ring (bicyclic) bond motifs is 1. The molecule has 0 amide bonds. The van der Waals surface area contributed by atoms with Crippen LogP contribution in [0.1, 0.15) is 5.56 Å². The second kappa shape index (κ2) is 5.77. The summed E-state index contributed by atoms with van der Waals surface area (Å²) in [6.45, 7) is 1.68. The summed E-state index contributed by atoms with van der Waals surface area (Å²) >= 11 is 12.0. The summed E-state index contributed by atoms with van der Waals surface area (Å²) in [5.41, 5.74) is 1.91. The lowest BCUT2D eigenvalue weighted by Gasteiger charge is -2.20. The molecule has 0 saturated carbocycles. The van der Waals surface area contributed by atoms with E-state index in [0.29, 0.717) is 41.4 Å². The highest BCUT2D eigenvalue weighted by Crippen LogP contribution is 2.38. The molecule has 1 aliphatic rings. The van der Waals surface area contributed by atoms with Gasteiger partial charge in [-0.05, 0) is 29.8 Å². The lowest BCUT2D eigenvalue weighted by Crippen LogP contribution is -2.16. The fourth-order valence-electron chi connectivity index (χ4n) is 1.98. The Labute approximate surface area is 126 Å². The highest BCUT2D eigenvalue weighted by atomic mass is 35.5. The summed E-state index contributed by atoms with van der Waals surface area (Å²) < 4.78 is 11.0. The highest BCUT2D eigenvalue weighted by molar-refractivity contribution is 6.32. The zero-order chi connectivity index (χ0) is 13.9. The van der Waals surface area contributed by atoms with Crippen molar-refractivity contribution < 1.29 is 9.47 Å². The molecular weight excluding hydrogens is 299 g/mol. The first-order valence-corrected chi connectivity index (χ1v) is 6.91. The zero-order valence-electron chi connectivity index (χ0n) is 10.5. The first-order valence-electron chi connectivity index (χ1n) is 6.16. The van der Waals surface area contributed by atoms with E-state index in [1.165, 1.54) is 0 Å². The van der Waals surface area contributed by atoms with E-state index in [2.05, 4.69) is 10.3 Å². The number of hydrogen-bond donors (Lipinski definition) is 1. The fraction of sp³-hybridized carbons (Fsp3) is 0.214. The van der Waals surface area contributed by atoms with E-state index >= 15 is 0 Å². The molecule has 0 bridgehead atoms. The molecule has 0 saturated heterocycles. The lowest BCUT2D eigenvalue weighted by molar-refractivity contribution is 0.171. The van der Waals surface area contributed by atoms with Gasteiger partial charge in [-0.1, -0.05) is 23.2 Å². The molecule has 0 atom stereocenters. The van der Waals surface area contributed by atoms with E-state index in [4.69, 9.17) is 32.7 Å². The maximum Gasteiger partial charge on any atom is 0.179 e. The van der Waals surface area contributed by atoms with E-state index in [-0.39, 0.29) is 0 Å². The lowest BCUT2D eigenvalue weighted by atomic mass is 10.2. The number of pyridine rings is 1. The normalized spacial score (nSPS) is 13.1. The smallest absolute Gasteiger partial charge is 0.179 e. The number of ether oxygens (including phenoxy) is 2. The van der Waals surface area contributed by atoms with Gasteiger partial charge in [0.2, 0.25) is 0 Å². The fourth-order valence-corrected chi connectivity index (χ4v) is 2.44. The number of nitrogens with one attached hydrogen (secondary N) is 1. The Bertz CT molecular complexity index is 635. The van der Waals surface area contributed by atoms with Crippen molar-refractivity contribution in [2.75, 3.05) is 18.5 Å². The molecule has 1 aromatic carbocycles. The average Bonchev–Trinajstić information content (AvgIpc) is 2.45. The van der Waals surface area contributed by atoms with Crippen molar-refractivity contribution >= 4 is 28.9 Å². The maximum absolute atomic E-state index is 6.19. The Morgan fingerprint density at radius 2 is 2.00 bits per heavy atom. The number of benzene rings is 1. The van der Waals surface area contributed by atoms with Gasteiger partial charge in [-0.2, -0.15) is 0 Å². The molecule has 104 valence electrons. The second-order valence-electron chi connectivity index (χ2n) is 4.32. The number of nitrogens with zero attached hydrogens (tertiary/aromatic N) is 1. The van der Waals surface area contributed by atoms with E-state index < -0.39 is 0 Å². The Morgan fingerprint density at radius 1 is 1.15 bits per heavy atom. The summed E-state index contributed by atoms with van der Waals surface area (Å²) in [4.78, 5) is 3.93. The molecule has 0 radical (unpaired) electrons. The molecule has 4 nitrogen and oxygen atoms in total. The Balaban J connectivity index is 1.76. The quantitative estimate of drug-likeness (QED) is 0.876. The monoisotopic (exact) mass is 310 g/mol. The third-order valence-corrected chi connectivity index (χ3v) is 3.37. The van der Waals surface area contributed by atoms with Crippen molar-refractivity contribution in [3.63, 3.8) is 0 Å². The SMILES string of the molecule is Clc1cc(NCc2cc(Cl)c3c(c2)OCCO3)ccn1. The number of aromatic nitrogens is 1. The minimum absolute atomic E-state index is 0.454. The van der Waals surface area contributed by atoms with Crippen LogP contribution in [0.5, 0.6) is 11.5 Å². The third-order valence-electron chi connectivity index (χ3n) is 2.88. The Hall–Kier alpha value is -1.65. The van der Waals surface area contributed by atoms with Crippen LogP contribution in [0.2, 0.25) is 10.2 Å². The Kier molecular flexibility index (Phi) is 3.85. The predicted molar refractivity (Wildman–Crippen MR) is 79.0 cm³/mol. The first-order chi connectivity index (χ1) is 9.72. The van der Waals surface area contributed by atoms with Crippen LogP contribution in [0.15, 0.2) is 30.5 Å². The van der Waals surface area contributed by atoms with E-state index in [0.717, 1.165) is 11.3 Å². The van der Waals surface area contributed by atoms with Gasteiger partial charge in [0, 0.05) is 18.4 Å². The molecular formula is C14H12Cl2N2O2. The standard InChI is InChI=1S/C14H12Cl2N2O2/c15-11-5-9(6-12-14(11)20-4-3-19-12)8-18-10-1-2-17-13(16)7-10/h1-2,5-7H,3-4,8H2,(H,17,18). The summed E-state index contributed by atoms with van der Waals surface area (Å²) in [5.74, 6) is 1.31. The van der Waals surface area contributed by atoms with Crippen molar-refractivity contribution in [2.24, 2.45) is 0 Å². The van der Waals surface area contributed by atoms with Crippen LogP contribution >= 0.6 is 23.2 Å². The topological polar surface area (TPSA) is 43.4 Å².